The molecule has 8 nitrogen and oxygen atoms in total. The van der Waals surface area contributed by atoms with Crippen molar-refractivity contribution in [2.45, 2.75) is 13.5 Å². The average Bonchev–Trinajstić information content (AvgIpc) is 3.40. The number of fused-ring (bicyclic) bond motifs is 1. The first kappa shape index (κ1) is 21.7. The number of carbonyl (C=O) groups is 1. The lowest BCUT2D eigenvalue weighted by Crippen LogP contribution is -2.13. The molecule has 0 aliphatic heterocycles. The average molecular weight is 442 g/mol. The molecule has 0 saturated carbocycles. The van der Waals surface area contributed by atoms with E-state index in [4.69, 9.17) is 14.0 Å². The van der Waals surface area contributed by atoms with Gasteiger partial charge >= 0.3 is 0 Å². The molecule has 0 atom stereocenters. The smallest absolute Gasteiger partial charge is 0.267 e. The third-order valence-corrected chi connectivity index (χ3v) is 5.01. The van der Waals surface area contributed by atoms with Crippen molar-refractivity contribution in [1.29, 1.82) is 5.26 Å². The number of amides is 1. The Balaban J connectivity index is 1.56. The van der Waals surface area contributed by atoms with Crippen molar-refractivity contribution in [3.8, 4) is 17.6 Å². The van der Waals surface area contributed by atoms with E-state index in [-0.39, 0.29) is 11.4 Å². The number of nitriles is 1. The Kier molecular flexibility index (Phi) is 6.41. The van der Waals surface area contributed by atoms with Crippen LogP contribution >= 0.6 is 0 Å². The number of aromatic nitrogens is 2. The number of hydrogen-bond acceptors (Lipinski definition) is 6. The highest BCUT2D eigenvalue weighted by molar-refractivity contribution is 6.10. The second-order valence-electron chi connectivity index (χ2n) is 7.24. The Hall–Kier alpha value is -4.51. The topological polar surface area (TPSA) is 102 Å². The minimum atomic E-state index is -0.554. The van der Waals surface area contributed by atoms with Crippen LogP contribution in [0.25, 0.3) is 17.0 Å². The van der Waals surface area contributed by atoms with E-state index in [1.165, 1.54) is 0 Å². The Morgan fingerprint density at radius 3 is 2.70 bits per heavy atom. The zero-order chi connectivity index (χ0) is 23.2. The van der Waals surface area contributed by atoms with Crippen molar-refractivity contribution in [2.75, 3.05) is 19.0 Å². The number of ether oxygens (including phenoxy) is 2. The Labute approximate surface area is 190 Å². The SMILES string of the molecule is COc1ccccc1OCCn1cc(C=C(C#N)C(=O)Nc2cc(C)on2)c2ccccc21. The zero-order valence-electron chi connectivity index (χ0n) is 18.2. The lowest BCUT2D eigenvalue weighted by Gasteiger charge is -2.11. The number of anilines is 1. The molecule has 0 bridgehead atoms. The molecule has 8 heteroatoms. The fraction of sp³-hybridized carbons (Fsp3) is 0.160. The van der Waals surface area contributed by atoms with Crippen LogP contribution in [0.5, 0.6) is 11.5 Å². The van der Waals surface area contributed by atoms with Crippen molar-refractivity contribution < 1.29 is 18.8 Å². The van der Waals surface area contributed by atoms with Gasteiger partial charge in [0.25, 0.3) is 5.91 Å². The van der Waals surface area contributed by atoms with E-state index in [9.17, 15) is 10.1 Å². The summed E-state index contributed by atoms with van der Waals surface area (Å²) in [5, 5.41) is 16.8. The molecule has 1 N–H and O–H groups in total. The van der Waals surface area contributed by atoms with E-state index in [0.717, 1.165) is 16.5 Å². The number of para-hydroxylation sites is 3. The molecule has 0 spiro atoms. The van der Waals surface area contributed by atoms with E-state index < -0.39 is 5.91 Å². The maximum absolute atomic E-state index is 12.6. The maximum Gasteiger partial charge on any atom is 0.267 e. The van der Waals surface area contributed by atoms with Crippen molar-refractivity contribution >= 4 is 28.7 Å². The Bertz CT molecular complexity index is 1360. The van der Waals surface area contributed by atoms with Crippen LogP contribution in [0.15, 0.2) is 70.9 Å². The molecule has 4 aromatic rings. The van der Waals surface area contributed by atoms with Gasteiger partial charge in [-0.05, 0) is 31.2 Å². The number of rotatable bonds is 8. The van der Waals surface area contributed by atoms with Crippen molar-refractivity contribution in [2.24, 2.45) is 0 Å². The second-order valence-corrected chi connectivity index (χ2v) is 7.24. The summed E-state index contributed by atoms with van der Waals surface area (Å²) in [6, 6.07) is 18.8. The lowest BCUT2D eigenvalue weighted by molar-refractivity contribution is -0.112. The van der Waals surface area contributed by atoms with E-state index in [0.29, 0.717) is 30.4 Å². The Morgan fingerprint density at radius 2 is 1.97 bits per heavy atom. The summed E-state index contributed by atoms with van der Waals surface area (Å²) < 4.78 is 18.2. The molecule has 4 rings (SSSR count). The minimum Gasteiger partial charge on any atom is -0.493 e. The van der Waals surface area contributed by atoms with Crippen LogP contribution < -0.4 is 14.8 Å². The van der Waals surface area contributed by atoms with Gasteiger partial charge in [-0.25, -0.2) is 0 Å². The number of carbonyl (C=O) groups excluding carboxylic acids is 1. The minimum absolute atomic E-state index is 0.0381. The van der Waals surface area contributed by atoms with Crippen LogP contribution in [0.1, 0.15) is 11.3 Å². The van der Waals surface area contributed by atoms with Crippen molar-refractivity contribution in [1.82, 2.24) is 9.72 Å². The third-order valence-electron chi connectivity index (χ3n) is 5.01. The number of hydrogen-bond donors (Lipinski definition) is 1. The zero-order valence-corrected chi connectivity index (χ0v) is 18.2. The summed E-state index contributed by atoms with van der Waals surface area (Å²) >= 11 is 0. The van der Waals surface area contributed by atoms with Crippen LogP contribution in [0.2, 0.25) is 0 Å². The van der Waals surface area contributed by atoms with Gasteiger partial charge in [0.15, 0.2) is 17.3 Å². The van der Waals surface area contributed by atoms with E-state index in [1.54, 1.807) is 26.2 Å². The summed E-state index contributed by atoms with van der Waals surface area (Å²) in [6.07, 6.45) is 3.48. The van der Waals surface area contributed by atoms with Gasteiger partial charge in [0.05, 0.1) is 13.7 Å². The molecular formula is C25H22N4O4. The van der Waals surface area contributed by atoms with E-state index >= 15 is 0 Å². The molecule has 2 aromatic carbocycles. The number of methoxy groups -OCH3 is 1. The lowest BCUT2D eigenvalue weighted by atomic mass is 10.1. The number of nitrogens with one attached hydrogen (secondary N) is 1. The fourth-order valence-electron chi connectivity index (χ4n) is 3.48. The molecule has 2 aromatic heterocycles. The predicted octanol–water partition coefficient (Wildman–Crippen LogP) is 4.57. The fourth-order valence-corrected chi connectivity index (χ4v) is 3.48. The van der Waals surface area contributed by atoms with Gasteiger partial charge in [0.2, 0.25) is 0 Å². The molecule has 0 unspecified atom stereocenters. The molecule has 0 aliphatic rings. The summed E-state index contributed by atoms with van der Waals surface area (Å²) in [7, 11) is 1.60. The molecule has 0 aliphatic carbocycles. The van der Waals surface area contributed by atoms with Crippen molar-refractivity contribution in [3.63, 3.8) is 0 Å². The van der Waals surface area contributed by atoms with Crippen LogP contribution in [0.3, 0.4) is 0 Å². The van der Waals surface area contributed by atoms with Gasteiger partial charge in [0.1, 0.15) is 24.0 Å². The van der Waals surface area contributed by atoms with Gasteiger partial charge in [-0.3, -0.25) is 4.79 Å². The Morgan fingerprint density at radius 1 is 1.21 bits per heavy atom. The van der Waals surface area contributed by atoms with Gasteiger partial charge in [0, 0.05) is 28.7 Å². The molecule has 0 radical (unpaired) electrons. The first-order valence-electron chi connectivity index (χ1n) is 10.3. The van der Waals surface area contributed by atoms with Gasteiger partial charge in [-0.15, -0.1) is 0 Å². The number of benzene rings is 2. The molecular weight excluding hydrogens is 420 g/mol. The van der Waals surface area contributed by atoms with Gasteiger partial charge < -0.3 is 23.9 Å². The number of nitrogens with zero attached hydrogens (tertiary/aromatic N) is 3. The first-order chi connectivity index (χ1) is 16.1. The first-order valence-corrected chi connectivity index (χ1v) is 10.3. The standard InChI is InChI=1S/C25H22N4O4/c1-17-13-24(28-33-17)27-25(30)18(15-26)14-19-16-29(21-8-4-3-7-20(19)21)11-12-32-23-10-6-5-9-22(23)31-2/h3-10,13-14,16H,11-12H2,1-2H3,(H,27,28,30). The van der Waals surface area contributed by atoms with Crippen LogP contribution in [0.4, 0.5) is 5.82 Å². The van der Waals surface area contributed by atoms with Crippen molar-refractivity contribution in [3.05, 3.63) is 77.7 Å². The summed E-state index contributed by atoms with van der Waals surface area (Å²) in [4.78, 5) is 12.6. The van der Waals surface area contributed by atoms with Gasteiger partial charge in [-0.2, -0.15) is 5.26 Å². The van der Waals surface area contributed by atoms with Crippen LogP contribution in [-0.4, -0.2) is 29.3 Å². The monoisotopic (exact) mass is 442 g/mol. The molecule has 0 fully saturated rings. The molecule has 2 heterocycles. The van der Waals surface area contributed by atoms with Crippen LogP contribution in [0, 0.1) is 18.3 Å². The van der Waals surface area contributed by atoms with Crippen LogP contribution in [-0.2, 0) is 11.3 Å². The largest absolute Gasteiger partial charge is 0.493 e. The van der Waals surface area contributed by atoms with E-state index in [1.807, 2.05) is 65.4 Å². The molecule has 0 saturated heterocycles. The van der Waals surface area contributed by atoms with E-state index in [2.05, 4.69) is 10.5 Å². The summed E-state index contributed by atoms with van der Waals surface area (Å²) in [5.41, 5.74) is 1.69. The summed E-state index contributed by atoms with van der Waals surface area (Å²) in [5.74, 6) is 1.61. The molecule has 33 heavy (non-hydrogen) atoms. The normalized spacial score (nSPS) is 11.2. The second kappa shape index (κ2) is 9.75. The highest BCUT2D eigenvalue weighted by atomic mass is 16.5. The highest BCUT2D eigenvalue weighted by Gasteiger charge is 2.14. The third kappa shape index (κ3) is 4.88. The summed E-state index contributed by atoms with van der Waals surface area (Å²) in [6.45, 7) is 2.70. The number of aryl methyl sites for hydroxylation is 1. The maximum atomic E-state index is 12.6. The molecule has 166 valence electrons. The highest BCUT2D eigenvalue weighted by Crippen LogP contribution is 2.27. The molecule has 1 amide bonds. The predicted molar refractivity (Wildman–Crippen MR) is 124 cm³/mol. The van der Waals surface area contributed by atoms with Gasteiger partial charge in [-0.1, -0.05) is 35.5 Å². The quantitative estimate of drug-likeness (QED) is 0.317.